The molecule has 2 rings (SSSR count). The SMILES string of the molecule is O=C(NCCCN=Cc1cc(Br)ccc1O)c1ccccc1O. The van der Waals surface area contributed by atoms with Crippen LogP contribution in [0.1, 0.15) is 22.3 Å². The molecule has 2 aromatic carbocycles. The third-order valence-electron chi connectivity index (χ3n) is 3.12. The number of benzene rings is 2. The summed E-state index contributed by atoms with van der Waals surface area (Å²) in [5.41, 5.74) is 0.896. The number of halogens is 1. The molecule has 1 amide bonds. The van der Waals surface area contributed by atoms with Gasteiger partial charge in [0.1, 0.15) is 11.5 Å². The lowest BCUT2D eigenvalue weighted by Crippen LogP contribution is -2.24. The van der Waals surface area contributed by atoms with E-state index in [9.17, 15) is 15.0 Å². The Morgan fingerprint density at radius 2 is 1.96 bits per heavy atom. The molecule has 0 unspecified atom stereocenters. The second-order valence-corrected chi connectivity index (χ2v) is 5.78. The maximum Gasteiger partial charge on any atom is 0.255 e. The molecule has 0 aliphatic rings. The first-order valence-corrected chi connectivity index (χ1v) is 7.92. The van der Waals surface area contributed by atoms with Crippen LogP contribution >= 0.6 is 15.9 Å². The average Bonchev–Trinajstić information content (AvgIpc) is 2.54. The zero-order chi connectivity index (χ0) is 16.7. The van der Waals surface area contributed by atoms with E-state index in [2.05, 4.69) is 26.2 Å². The minimum atomic E-state index is -0.309. The van der Waals surface area contributed by atoms with Crippen molar-refractivity contribution in [2.24, 2.45) is 4.99 Å². The van der Waals surface area contributed by atoms with Crippen LogP contribution in [0.25, 0.3) is 0 Å². The number of nitrogens with one attached hydrogen (secondary N) is 1. The van der Waals surface area contributed by atoms with Crippen molar-refractivity contribution in [2.75, 3.05) is 13.1 Å². The number of aromatic hydroxyl groups is 2. The van der Waals surface area contributed by atoms with E-state index < -0.39 is 0 Å². The van der Waals surface area contributed by atoms with E-state index >= 15 is 0 Å². The number of amides is 1. The van der Waals surface area contributed by atoms with Gasteiger partial charge in [-0.05, 0) is 36.8 Å². The quantitative estimate of drug-likeness (QED) is 0.535. The number of para-hydroxylation sites is 1. The van der Waals surface area contributed by atoms with Crippen molar-refractivity contribution >= 4 is 28.1 Å². The minimum absolute atomic E-state index is 0.0341. The van der Waals surface area contributed by atoms with Gasteiger partial charge in [-0.25, -0.2) is 0 Å². The molecule has 0 bridgehead atoms. The molecule has 0 atom stereocenters. The Balaban J connectivity index is 1.76. The molecule has 0 saturated carbocycles. The van der Waals surface area contributed by atoms with Gasteiger partial charge in [0.05, 0.1) is 5.56 Å². The second-order valence-electron chi connectivity index (χ2n) is 4.87. The number of hydrogen-bond donors (Lipinski definition) is 3. The Morgan fingerprint density at radius 1 is 1.17 bits per heavy atom. The Bertz CT molecular complexity index is 717. The van der Waals surface area contributed by atoms with Crippen LogP contribution in [0.3, 0.4) is 0 Å². The molecule has 0 saturated heterocycles. The predicted molar refractivity (Wildman–Crippen MR) is 93.3 cm³/mol. The number of aliphatic imine (C=N–C) groups is 1. The van der Waals surface area contributed by atoms with Gasteiger partial charge in [0.2, 0.25) is 0 Å². The van der Waals surface area contributed by atoms with Gasteiger partial charge >= 0.3 is 0 Å². The van der Waals surface area contributed by atoms with E-state index in [1.54, 1.807) is 42.6 Å². The standard InChI is InChI=1S/C17H17BrN2O3/c18-13-6-7-15(21)12(10-13)11-19-8-3-9-20-17(23)14-4-1-2-5-16(14)22/h1-2,4-7,10-11,21-22H,3,8-9H2,(H,20,23). The van der Waals surface area contributed by atoms with E-state index in [0.717, 1.165) is 4.47 Å². The van der Waals surface area contributed by atoms with Crippen molar-refractivity contribution in [2.45, 2.75) is 6.42 Å². The highest BCUT2D eigenvalue weighted by atomic mass is 79.9. The number of rotatable bonds is 6. The Hall–Kier alpha value is -2.34. The first-order valence-electron chi connectivity index (χ1n) is 7.12. The van der Waals surface area contributed by atoms with E-state index in [-0.39, 0.29) is 23.0 Å². The number of phenols is 2. The average molecular weight is 377 g/mol. The van der Waals surface area contributed by atoms with E-state index in [1.165, 1.54) is 6.07 Å². The second kappa shape index (κ2) is 8.33. The summed E-state index contributed by atoms with van der Waals surface area (Å²) >= 11 is 3.33. The molecule has 0 heterocycles. The van der Waals surface area contributed by atoms with Crippen molar-refractivity contribution in [3.05, 3.63) is 58.1 Å². The molecule has 0 aliphatic heterocycles. The fourth-order valence-electron chi connectivity index (χ4n) is 1.92. The summed E-state index contributed by atoms with van der Waals surface area (Å²) in [4.78, 5) is 16.1. The van der Waals surface area contributed by atoms with Gasteiger partial charge in [-0.2, -0.15) is 0 Å². The third kappa shape index (κ3) is 5.10. The highest BCUT2D eigenvalue weighted by Crippen LogP contribution is 2.20. The Kier molecular flexibility index (Phi) is 6.17. The maximum atomic E-state index is 11.9. The Morgan fingerprint density at radius 3 is 2.74 bits per heavy atom. The van der Waals surface area contributed by atoms with Crippen LogP contribution in [0.5, 0.6) is 11.5 Å². The number of hydrogen-bond acceptors (Lipinski definition) is 4. The lowest BCUT2D eigenvalue weighted by Gasteiger charge is -2.05. The number of carbonyl (C=O) groups excluding carboxylic acids is 1. The van der Waals surface area contributed by atoms with Crippen LogP contribution in [0.4, 0.5) is 0 Å². The summed E-state index contributed by atoms with van der Waals surface area (Å²) < 4.78 is 0.867. The van der Waals surface area contributed by atoms with Crippen LogP contribution in [0.15, 0.2) is 51.9 Å². The lowest BCUT2D eigenvalue weighted by atomic mass is 10.2. The number of nitrogens with zero attached hydrogens (tertiary/aromatic N) is 1. The van der Waals surface area contributed by atoms with Gasteiger partial charge in [-0.15, -0.1) is 0 Å². The summed E-state index contributed by atoms with van der Waals surface area (Å²) in [7, 11) is 0. The van der Waals surface area contributed by atoms with E-state index in [1.807, 2.05) is 0 Å². The van der Waals surface area contributed by atoms with Crippen LogP contribution < -0.4 is 5.32 Å². The van der Waals surface area contributed by atoms with Crippen molar-refractivity contribution in [1.82, 2.24) is 5.32 Å². The van der Waals surface area contributed by atoms with Crippen LogP contribution in [-0.2, 0) is 0 Å². The lowest BCUT2D eigenvalue weighted by molar-refractivity contribution is 0.0951. The van der Waals surface area contributed by atoms with Crippen molar-refractivity contribution in [3.8, 4) is 11.5 Å². The van der Waals surface area contributed by atoms with Gasteiger partial charge in [0, 0.05) is 29.3 Å². The van der Waals surface area contributed by atoms with E-state index in [4.69, 9.17) is 0 Å². The summed E-state index contributed by atoms with van der Waals surface area (Å²) in [6.07, 6.45) is 2.26. The molecule has 6 heteroatoms. The van der Waals surface area contributed by atoms with Crippen molar-refractivity contribution < 1.29 is 15.0 Å². The van der Waals surface area contributed by atoms with Gasteiger partial charge in [0.15, 0.2) is 0 Å². The summed E-state index contributed by atoms with van der Waals surface area (Å²) in [6.45, 7) is 0.974. The molecule has 0 spiro atoms. The van der Waals surface area contributed by atoms with Gasteiger partial charge in [-0.3, -0.25) is 9.79 Å². The zero-order valence-corrected chi connectivity index (χ0v) is 14.0. The van der Waals surface area contributed by atoms with Crippen molar-refractivity contribution in [3.63, 3.8) is 0 Å². The Labute approximate surface area is 142 Å². The first kappa shape index (κ1) is 17.0. The fourth-order valence-corrected chi connectivity index (χ4v) is 2.30. The monoisotopic (exact) mass is 376 g/mol. The van der Waals surface area contributed by atoms with Gasteiger partial charge in [0.25, 0.3) is 5.91 Å². The molecule has 0 fully saturated rings. The molecule has 120 valence electrons. The zero-order valence-electron chi connectivity index (χ0n) is 12.4. The molecular formula is C17H17BrN2O3. The molecule has 5 nitrogen and oxygen atoms in total. The molecule has 3 N–H and O–H groups in total. The summed E-state index contributed by atoms with van der Waals surface area (Å²) in [5.74, 6) is -0.172. The highest BCUT2D eigenvalue weighted by molar-refractivity contribution is 9.10. The first-order chi connectivity index (χ1) is 11.1. The molecule has 0 aromatic heterocycles. The van der Waals surface area contributed by atoms with Gasteiger partial charge < -0.3 is 15.5 Å². The van der Waals surface area contributed by atoms with E-state index in [0.29, 0.717) is 25.1 Å². The normalized spacial score (nSPS) is 10.8. The maximum absolute atomic E-state index is 11.9. The summed E-state index contributed by atoms with van der Waals surface area (Å²) in [6, 6.07) is 11.5. The highest BCUT2D eigenvalue weighted by Gasteiger charge is 2.08. The van der Waals surface area contributed by atoms with Crippen LogP contribution in [0, 0.1) is 0 Å². The largest absolute Gasteiger partial charge is 0.507 e. The molecule has 23 heavy (non-hydrogen) atoms. The smallest absolute Gasteiger partial charge is 0.255 e. The minimum Gasteiger partial charge on any atom is -0.507 e. The van der Waals surface area contributed by atoms with Crippen LogP contribution in [-0.4, -0.2) is 35.4 Å². The summed E-state index contributed by atoms with van der Waals surface area (Å²) in [5, 5.41) is 22.0. The number of phenolic OH excluding ortho intramolecular Hbond substituents is 2. The third-order valence-corrected chi connectivity index (χ3v) is 3.61. The number of carbonyl (C=O) groups is 1. The molecular weight excluding hydrogens is 360 g/mol. The molecule has 0 aliphatic carbocycles. The molecule has 2 aromatic rings. The van der Waals surface area contributed by atoms with Crippen molar-refractivity contribution in [1.29, 1.82) is 0 Å². The van der Waals surface area contributed by atoms with Crippen LogP contribution in [0.2, 0.25) is 0 Å². The topological polar surface area (TPSA) is 81.9 Å². The molecule has 0 radical (unpaired) electrons. The predicted octanol–water partition coefficient (Wildman–Crippen LogP) is 3.10. The van der Waals surface area contributed by atoms with Gasteiger partial charge in [-0.1, -0.05) is 28.1 Å². The fraction of sp³-hybridized carbons (Fsp3) is 0.176.